The van der Waals surface area contributed by atoms with Crippen LogP contribution in [0.25, 0.3) is 0 Å². The van der Waals surface area contributed by atoms with Crippen molar-refractivity contribution in [3.05, 3.63) is 46.1 Å². The molecular formula is C13H15ClN4. The van der Waals surface area contributed by atoms with Gasteiger partial charge in [-0.3, -0.25) is 9.97 Å². The highest BCUT2D eigenvalue weighted by atomic mass is 35.5. The number of hydrogen-bond donors (Lipinski definition) is 1. The van der Waals surface area contributed by atoms with Crippen LogP contribution < -0.4 is 5.32 Å². The maximum atomic E-state index is 5.78. The Morgan fingerprint density at radius 1 is 1.06 bits per heavy atom. The Bertz CT molecular complexity index is 552. The molecule has 2 aromatic heterocycles. The van der Waals surface area contributed by atoms with E-state index in [2.05, 4.69) is 20.3 Å². The predicted molar refractivity (Wildman–Crippen MR) is 72.8 cm³/mol. The first kappa shape index (κ1) is 12.8. The van der Waals surface area contributed by atoms with Crippen LogP contribution in [0.5, 0.6) is 0 Å². The van der Waals surface area contributed by atoms with Crippen molar-refractivity contribution in [1.82, 2.24) is 15.0 Å². The minimum Gasteiger partial charge on any atom is -0.364 e. The number of halogens is 1. The van der Waals surface area contributed by atoms with E-state index in [0.29, 0.717) is 11.6 Å². The maximum absolute atomic E-state index is 5.78. The molecule has 94 valence electrons. The molecule has 0 aromatic carbocycles. The Morgan fingerprint density at radius 3 is 2.44 bits per heavy atom. The first-order valence-corrected chi connectivity index (χ1v) is 6.10. The van der Waals surface area contributed by atoms with Gasteiger partial charge in [0.1, 0.15) is 5.82 Å². The van der Waals surface area contributed by atoms with E-state index in [1.807, 2.05) is 26.8 Å². The second-order valence-electron chi connectivity index (χ2n) is 4.14. The monoisotopic (exact) mass is 262 g/mol. The third-order valence-electron chi connectivity index (χ3n) is 2.74. The summed E-state index contributed by atoms with van der Waals surface area (Å²) < 4.78 is 0. The zero-order valence-electron chi connectivity index (χ0n) is 10.7. The fourth-order valence-corrected chi connectivity index (χ4v) is 1.70. The van der Waals surface area contributed by atoms with Gasteiger partial charge < -0.3 is 5.32 Å². The molecule has 0 bridgehead atoms. The van der Waals surface area contributed by atoms with Gasteiger partial charge in [0.2, 0.25) is 0 Å². The van der Waals surface area contributed by atoms with Crippen LogP contribution in [0.1, 0.15) is 22.8 Å². The van der Waals surface area contributed by atoms with E-state index < -0.39 is 0 Å². The van der Waals surface area contributed by atoms with Gasteiger partial charge in [-0.15, -0.1) is 0 Å². The number of rotatable bonds is 3. The topological polar surface area (TPSA) is 50.7 Å². The second kappa shape index (κ2) is 5.31. The largest absolute Gasteiger partial charge is 0.364 e. The zero-order chi connectivity index (χ0) is 13.1. The molecule has 2 heterocycles. The number of aryl methyl sites for hydroxylation is 3. The van der Waals surface area contributed by atoms with Gasteiger partial charge in [0.15, 0.2) is 0 Å². The summed E-state index contributed by atoms with van der Waals surface area (Å²) in [6.07, 6.45) is 1.61. The molecule has 0 saturated heterocycles. The quantitative estimate of drug-likeness (QED) is 0.924. The van der Waals surface area contributed by atoms with Crippen LogP contribution in [-0.4, -0.2) is 15.0 Å². The van der Waals surface area contributed by atoms with Gasteiger partial charge in [0.05, 0.1) is 34.3 Å². The minimum absolute atomic E-state index is 0.606. The summed E-state index contributed by atoms with van der Waals surface area (Å²) >= 11 is 5.78. The number of anilines is 1. The van der Waals surface area contributed by atoms with Gasteiger partial charge >= 0.3 is 0 Å². The van der Waals surface area contributed by atoms with E-state index in [1.165, 1.54) is 0 Å². The lowest BCUT2D eigenvalue weighted by atomic mass is 10.2. The molecule has 0 aliphatic rings. The second-order valence-corrected chi connectivity index (χ2v) is 4.58. The smallest absolute Gasteiger partial charge is 0.126 e. The fourth-order valence-electron chi connectivity index (χ4n) is 1.58. The van der Waals surface area contributed by atoms with Crippen LogP contribution in [0.2, 0.25) is 5.02 Å². The molecule has 2 aromatic rings. The van der Waals surface area contributed by atoms with Crippen molar-refractivity contribution in [3.63, 3.8) is 0 Å². The van der Waals surface area contributed by atoms with Crippen LogP contribution in [0.3, 0.4) is 0 Å². The van der Waals surface area contributed by atoms with E-state index in [4.69, 9.17) is 11.6 Å². The summed E-state index contributed by atoms with van der Waals surface area (Å²) in [7, 11) is 0. The van der Waals surface area contributed by atoms with Gasteiger partial charge in [-0.2, -0.15) is 0 Å². The van der Waals surface area contributed by atoms with Crippen molar-refractivity contribution < 1.29 is 0 Å². The molecule has 1 N–H and O–H groups in total. The summed E-state index contributed by atoms with van der Waals surface area (Å²) in [5, 5.41) is 3.83. The lowest BCUT2D eigenvalue weighted by Gasteiger charge is -2.09. The van der Waals surface area contributed by atoms with Crippen LogP contribution >= 0.6 is 11.6 Å². The van der Waals surface area contributed by atoms with Crippen molar-refractivity contribution in [2.75, 3.05) is 5.32 Å². The van der Waals surface area contributed by atoms with Gasteiger partial charge in [-0.25, -0.2) is 4.98 Å². The third kappa shape index (κ3) is 2.96. The lowest BCUT2D eigenvalue weighted by Crippen LogP contribution is -2.08. The number of pyridine rings is 1. The van der Waals surface area contributed by atoms with E-state index in [9.17, 15) is 0 Å². The lowest BCUT2D eigenvalue weighted by molar-refractivity contribution is 0.906. The van der Waals surface area contributed by atoms with Crippen molar-refractivity contribution in [2.45, 2.75) is 27.3 Å². The Balaban J connectivity index is 2.10. The van der Waals surface area contributed by atoms with Crippen LogP contribution in [0, 0.1) is 20.8 Å². The van der Waals surface area contributed by atoms with E-state index in [1.54, 1.807) is 12.3 Å². The number of hydrogen-bond acceptors (Lipinski definition) is 4. The van der Waals surface area contributed by atoms with Gasteiger partial charge in [-0.05, 0) is 32.9 Å². The molecule has 0 spiro atoms. The summed E-state index contributed by atoms with van der Waals surface area (Å²) in [6, 6.07) is 3.64. The highest BCUT2D eigenvalue weighted by Gasteiger charge is 2.05. The molecule has 5 heteroatoms. The molecule has 0 amide bonds. The molecule has 0 fully saturated rings. The Kier molecular flexibility index (Phi) is 3.77. The molecule has 0 atom stereocenters. The molecule has 0 unspecified atom stereocenters. The molecule has 0 aliphatic carbocycles. The molecule has 0 aliphatic heterocycles. The molecule has 0 saturated carbocycles. The standard InChI is InChI=1S/C13H15ClN4/c1-8-9(2)18-12(10(3)17-8)7-16-13-5-4-11(14)6-15-13/h4-6H,7H2,1-3H3,(H,15,16). The Morgan fingerprint density at radius 2 is 1.78 bits per heavy atom. The van der Waals surface area contributed by atoms with E-state index in [0.717, 1.165) is 28.6 Å². The van der Waals surface area contributed by atoms with E-state index >= 15 is 0 Å². The SMILES string of the molecule is Cc1nc(C)c(CNc2ccc(Cl)cn2)nc1C. The fraction of sp³-hybridized carbons (Fsp3) is 0.308. The average Bonchev–Trinajstić information content (AvgIpc) is 2.34. The van der Waals surface area contributed by atoms with Crippen LogP contribution in [0.4, 0.5) is 5.82 Å². The predicted octanol–water partition coefficient (Wildman–Crippen LogP) is 3.06. The zero-order valence-corrected chi connectivity index (χ0v) is 11.4. The third-order valence-corrected chi connectivity index (χ3v) is 2.97. The normalized spacial score (nSPS) is 10.4. The Hall–Kier alpha value is -1.68. The van der Waals surface area contributed by atoms with Crippen molar-refractivity contribution in [3.8, 4) is 0 Å². The minimum atomic E-state index is 0.606. The molecule has 2 rings (SSSR count). The van der Waals surface area contributed by atoms with Crippen molar-refractivity contribution >= 4 is 17.4 Å². The van der Waals surface area contributed by atoms with Crippen LogP contribution in [0.15, 0.2) is 18.3 Å². The van der Waals surface area contributed by atoms with Crippen LogP contribution in [-0.2, 0) is 6.54 Å². The first-order valence-electron chi connectivity index (χ1n) is 5.72. The van der Waals surface area contributed by atoms with Gasteiger partial charge in [0.25, 0.3) is 0 Å². The van der Waals surface area contributed by atoms with Crippen molar-refractivity contribution in [2.24, 2.45) is 0 Å². The molecule has 18 heavy (non-hydrogen) atoms. The van der Waals surface area contributed by atoms with Gasteiger partial charge in [0, 0.05) is 6.20 Å². The van der Waals surface area contributed by atoms with Crippen molar-refractivity contribution in [1.29, 1.82) is 0 Å². The maximum Gasteiger partial charge on any atom is 0.126 e. The summed E-state index contributed by atoms with van der Waals surface area (Å²) in [5.74, 6) is 0.777. The number of nitrogens with zero attached hydrogens (tertiary/aromatic N) is 3. The Labute approximate surface area is 111 Å². The summed E-state index contributed by atoms with van der Waals surface area (Å²) in [4.78, 5) is 13.2. The molecular weight excluding hydrogens is 248 g/mol. The highest BCUT2D eigenvalue weighted by molar-refractivity contribution is 6.30. The highest BCUT2D eigenvalue weighted by Crippen LogP contribution is 2.12. The summed E-state index contributed by atoms with van der Waals surface area (Å²) in [5.41, 5.74) is 3.82. The number of nitrogens with one attached hydrogen (secondary N) is 1. The molecule has 0 radical (unpaired) electrons. The molecule has 4 nitrogen and oxygen atoms in total. The summed E-state index contributed by atoms with van der Waals surface area (Å²) in [6.45, 7) is 6.50. The average molecular weight is 263 g/mol. The van der Waals surface area contributed by atoms with E-state index in [-0.39, 0.29) is 0 Å². The van der Waals surface area contributed by atoms with Gasteiger partial charge in [-0.1, -0.05) is 11.6 Å². The first-order chi connectivity index (χ1) is 8.56. The number of aromatic nitrogens is 3.